The second-order valence-corrected chi connectivity index (χ2v) is 14.3. The van der Waals surface area contributed by atoms with E-state index in [0.29, 0.717) is 10.5 Å². The number of thioether (sulfide) groups is 1. The Balaban J connectivity index is 1.22. The number of urea groups is 2. The summed E-state index contributed by atoms with van der Waals surface area (Å²) in [6.45, 7) is 1.36. The minimum atomic E-state index is -1.80. The van der Waals surface area contributed by atoms with Crippen molar-refractivity contribution in [1.82, 2.24) is 35.2 Å². The van der Waals surface area contributed by atoms with Crippen LogP contribution in [-0.2, 0) is 35.3 Å². The summed E-state index contributed by atoms with van der Waals surface area (Å²) in [7, 11) is 0. The van der Waals surface area contributed by atoms with E-state index in [4.69, 9.17) is 16.3 Å². The Morgan fingerprint density at radius 2 is 1.78 bits per heavy atom. The van der Waals surface area contributed by atoms with Crippen molar-refractivity contribution in [3.63, 3.8) is 0 Å². The fourth-order valence-electron chi connectivity index (χ4n) is 6.44. The molecule has 4 aliphatic rings. The van der Waals surface area contributed by atoms with Crippen molar-refractivity contribution in [1.29, 1.82) is 0 Å². The van der Waals surface area contributed by atoms with E-state index in [2.05, 4.69) is 15.7 Å². The molecule has 6 rings (SSSR count). The predicted molar refractivity (Wildman–Crippen MR) is 192 cm³/mol. The van der Waals surface area contributed by atoms with Crippen molar-refractivity contribution >= 4 is 76.9 Å². The van der Waals surface area contributed by atoms with Crippen LogP contribution in [0.2, 0.25) is 0 Å². The number of nitro benzene ring substituents is 1. The van der Waals surface area contributed by atoms with Gasteiger partial charge in [-0.05, 0) is 42.3 Å². The summed E-state index contributed by atoms with van der Waals surface area (Å²) < 4.78 is 5.65. The number of non-ortho nitro benzene ring substituents is 1. The fraction of sp³-hybridized carbons (Fsp3) is 0.394. The Kier molecular flexibility index (Phi) is 11.1. The Morgan fingerprint density at radius 1 is 1.07 bits per heavy atom. The number of nitrogens with zero attached hydrogens (tertiary/aromatic N) is 7. The van der Waals surface area contributed by atoms with Crippen molar-refractivity contribution in [2.24, 2.45) is 5.10 Å². The molecule has 0 radical (unpaired) electrons. The van der Waals surface area contributed by atoms with Crippen LogP contribution in [0.3, 0.4) is 0 Å². The number of imide groups is 1. The smallest absolute Gasteiger partial charge is 0.345 e. The number of hydrazone groups is 1. The number of rotatable bonds is 12. The number of hydrogen-bond acceptors (Lipinski definition) is 13. The molecule has 290 valence electrons. The van der Waals surface area contributed by atoms with E-state index in [0.717, 1.165) is 16.8 Å². The van der Waals surface area contributed by atoms with Crippen LogP contribution in [0, 0.1) is 10.1 Å². The number of nitrogens with one attached hydrogen (secondary N) is 2. The number of likely N-dealkylation sites (N-methyl/N-ethyl adjacent to an activating group) is 1. The van der Waals surface area contributed by atoms with E-state index in [1.165, 1.54) is 69.4 Å². The number of halogens is 1. The number of nitro groups is 1. The predicted octanol–water partition coefficient (Wildman–Crippen LogP) is 0.544. The molecule has 4 saturated heterocycles. The summed E-state index contributed by atoms with van der Waals surface area (Å²) in [5.74, 6) is -4.47. The molecule has 3 N–H and O–H groups in total. The molecular formula is C33H34ClN9O11S. The van der Waals surface area contributed by atoms with Gasteiger partial charge >= 0.3 is 29.8 Å². The fourth-order valence-corrected chi connectivity index (χ4v) is 8.20. The number of alkyl halides is 1. The van der Waals surface area contributed by atoms with Gasteiger partial charge in [-0.25, -0.2) is 19.4 Å². The van der Waals surface area contributed by atoms with Crippen LogP contribution in [0.1, 0.15) is 24.1 Å². The van der Waals surface area contributed by atoms with Gasteiger partial charge in [-0.2, -0.15) is 5.10 Å². The third kappa shape index (κ3) is 7.43. The standard InChI is InChI=1S/C33H34ClN9O11S/c1-2-38-13-14-39(28(48)27(38)47)31(50)37-23(20-5-9-22(44)10-6-20)25(45)36-24-26(46)40-18-33(55-29(24)40,41-15-16-42(32(41)51)35-12-11-34)30(49)54-17-19-3-7-21(8-4-19)43(52)53/h3-10,12,23-24,29,44H,2,11,13-18H2,1H3,(H,36,45)(H,37,50)/t23?,24-,29-,33-/m1/s1. The highest BCUT2D eigenvalue weighted by molar-refractivity contribution is 8.02. The van der Waals surface area contributed by atoms with E-state index >= 15 is 0 Å². The average Bonchev–Trinajstić information content (AvgIpc) is 3.74. The number of amides is 8. The number of piperazine rings is 1. The highest BCUT2D eigenvalue weighted by Gasteiger charge is 2.67. The first kappa shape index (κ1) is 38.8. The van der Waals surface area contributed by atoms with E-state index in [1.54, 1.807) is 6.92 Å². The Bertz CT molecular complexity index is 1950. The first-order valence-electron chi connectivity index (χ1n) is 16.9. The summed E-state index contributed by atoms with van der Waals surface area (Å²) >= 11 is 6.61. The van der Waals surface area contributed by atoms with Gasteiger partial charge in [0.1, 0.15) is 29.8 Å². The lowest BCUT2D eigenvalue weighted by Crippen LogP contribution is -2.68. The van der Waals surface area contributed by atoms with Crippen molar-refractivity contribution in [2.45, 2.75) is 35.9 Å². The summed E-state index contributed by atoms with van der Waals surface area (Å²) in [4.78, 5) is 107. The maximum atomic E-state index is 14.0. The van der Waals surface area contributed by atoms with Gasteiger partial charge in [0.25, 0.3) is 5.69 Å². The summed E-state index contributed by atoms with van der Waals surface area (Å²) in [6.07, 6.45) is 1.30. The normalized spacial score (nSPS) is 22.8. The molecule has 20 nitrogen and oxygen atoms in total. The molecule has 0 bridgehead atoms. The second kappa shape index (κ2) is 15.8. The van der Waals surface area contributed by atoms with Crippen LogP contribution in [0.25, 0.3) is 0 Å². The molecule has 4 heterocycles. The van der Waals surface area contributed by atoms with Crippen molar-refractivity contribution in [2.75, 3.05) is 45.1 Å². The Labute approximate surface area is 321 Å². The van der Waals surface area contributed by atoms with Crippen molar-refractivity contribution < 1.29 is 48.3 Å². The molecule has 55 heavy (non-hydrogen) atoms. The number of esters is 1. The van der Waals surface area contributed by atoms with Gasteiger partial charge in [-0.1, -0.05) is 23.9 Å². The SMILES string of the molecule is CCN1CCN(C(=O)NC(C(=O)N[C@@H]2C(=O)N3C[C@@](C(=O)OCc4ccc([N+](=O)[O-])cc4)(N4CCN(N=CCCl)C4=O)S[C@H]23)c2ccc(O)cc2)C(=O)C1=O. The largest absolute Gasteiger partial charge is 0.508 e. The Hall–Kier alpha value is -5.96. The maximum absolute atomic E-state index is 14.0. The van der Waals surface area contributed by atoms with E-state index in [1.807, 2.05) is 0 Å². The minimum absolute atomic E-state index is 0.00651. The number of β-lactam (4-membered cyclic amide) rings is 1. The molecule has 4 aliphatic heterocycles. The maximum Gasteiger partial charge on any atom is 0.345 e. The first-order chi connectivity index (χ1) is 26.3. The van der Waals surface area contributed by atoms with Crippen LogP contribution < -0.4 is 10.6 Å². The Morgan fingerprint density at radius 3 is 2.44 bits per heavy atom. The van der Waals surface area contributed by atoms with Crippen molar-refractivity contribution in [3.8, 4) is 5.75 Å². The number of ether oxygens (including phenoxy) is 1. The lowest BCUT2D eigenvalue weighted by Gasteiger charge is -2.41. The third-order valence-corrected chi connectivity index (χ3v) is 11.2. The molecule has 2 aromatic carbocycles. The summed E-state index contributed by atoms with van der Waals surface area (Å²) in [5.41, 5.74) is 0.421. The van der Waals surface area contributed by atoms with E-state index in [-0.39, 0.29) is 68.8 Å². The zero-order valence-electron chi connectivity index (χ0n) is 29.0. The van der Waals surface area contributed by atoms with Gasteiger partial charge in [0, 0.05) is 44.5 Å². The molecule has 0 aliphatic carbocycles. The van der Waals surface area contributed by atoms with Gasteiger partial charge in [0.05, 0.1) is 23.9 Å². The summed E-state index contributed by atoms with van der Waals surface area (Å²) in [5, 5.41) is 30.3. The highest BCUT2D eigenvalue weighted by atomic mass is 35.5. The molecule has 0 spiro atoms. The van der Waals surface area contributed by atoms with Crippen LogP contribution in [0.4, 0.5) is 15.3 Å². The molecule has 4 fully saturated rings. The number of phenols is 1. The molecule has 2 aromatic rings. The topological polar surface area (TPSA) is 245 Å². The van der Waals surface area contributed by atoms with Crippen LogP contribution in [-0.4, -0.2) is 144 Å². The van der Waals surface area contributed by atoms with Crippen LogP contribution in [0.15, 0.2) is 53.6 Å². The van der Waals surface area contributed by atoms with E-state index < -0.39 is 68.9 Å². The number of aromatic hydroxyl groups is 1. The highest BCUT2D eigenvalue weighted by Crippen LogP contribution is 2.50. The summed E-state index contributed by atoms with van der Waals surface area (Å²) in [6, 6.07) is 6.08. The molecule has 22 heteroatoms. The van der Waals surface area contributed by atoms with Gasteiger partial charge in [-0.3, -0.25) is 39.1 Å². The number of benzene rings is 2. The number of fused-ring (bicyclic) bond motifs is 1. The molecule has 4 atom stereocenters. The van der Waals surface area contributed by atoms with Crippen LogP contribution in [0.5, 0.6) is 5.75 Å². The number of phenolic OH excluding ortho intramolecular Hbond substituents is 1. The molecule has 1 unspecified atom stereocenters. The zero-order chi connectivity index (χ0) is 39.6. The van der Waals surface area contributed by atoms with Gasteiger partial charge in [0.15, 0.2) is 0 Å². The lowest BCUT2D eigenvalue weighted by atomic mass is 10.0. The zero-order valence-corrected chi connectivity index (χ0v) is 30.6. The van der Waals surface area contributed by atoms with Gasteiger partial charge in [-0.15, -0.1) is 11.6 Å². The number of hydrogen-bond donors (Lipinski definition) is 3. The molecule has 8 amide bonds. The van der Waals surface area contributed by atoms with Gasteiger partial charge in [0.2, 0.25) is 16.7 Å². The van der Waals surface area contributed by atoms with Gasteiger partial charge < -0.3 is 30.3 Å². The van der Waals surface area contributed by atoms with E-state index in [9.17, 15) is 48.8 Å². The quantitative estimate of drug-likeness (QED) is 0.0507. The van der Waals surface area contributed by atoms with Crippen LogP contribution >= 0.6 is 23.4 Å². The molecule has 0 aromatic heterocycles. The molecule has 0 saturated carbocycles. The minimum Gasteiger partial charge on any atom is -0.508 e. The first-order valence-corrected chi connectivity index (χ1v) is 18.3. The average molecular weight is 800 g/mol. The number of carbonyl (C=O) groups excluding carboxylic acids is 7. The number of carbonyl (C=O) groups is 7. The lowest BCUT2D eigenvalue weighted by molar-refractivity contribution is -0.384. The monoisotopic (exact) mass is 799 g/mol. The molecular weight excluding hydrogens is 766 g/mol. The second-order valence-electron chi connectivity index (χ2n) is 12.6. The van der Waals surface area contributed by atoms with Crippen molar-refractivity contribution in [3.05, 3.63) is 69.8 Å². The third-order valence-electron chi connectivity index (χ3n) is 9.38.